The number of carbonyl (C=O) groups excluding carboxylic acids is 2. The maximum absolute atomic E-state index is 11.8. The van der Waals surface area contributed by atoms with Crippen LogP contribution >= 0.6 is 0 Å². The van der Waals surface area contributed by atoms with E-state index < -0.39 is 11.7 Å². The molecule has 2 amide bonds. The van der Waals surface area contributed by atoms with Gasteiger partial charge in [0.1, 0.15) is 11.2 Å². The van der Waals surface area contributed by atoms with Crippen molar-refractivity contribution in [2.75, 3.05) is 6.54 Å². The molecule has 2 heterocycles. The number of alkyl carbamates (subject to hydrolysis) is 1. The lowest BCUT2D eigenvalue weighted by molar-refractivity contribution is -0.121. The van der Waals surface area contributed by atoms with Crippen LogP contribution in [0.1, 0.15) is 39.3 Å². The number of hydrogen-bond donors (Lipinski definition) is 2. The number of hydrogen-bond acceptors (Lipinski definition) is 4. The number of imidazole rings is 1. The summed E-state index contributed by atoms with van der Waals surface area (Å²) in [6.07, 6.45) is 4.22. The largest absolute Gasteiger partial charge is 0.444 e. The Morgan fingerprint density at radius 3 is 2.75 bits per heavy atom. The van der Waals surface area contributed by atoms with E-state index in [1.165, 1.54) is 0 Å². The zero-order valence-electron chi connectivity index (χ0n) is 14.3. The minimum atomic E-state index is -0.518. The summed E-state index contributed by atoms with van der Waals surface area (Å²) in [6, 6.07) is 5.75. The van der Waals surface area contributed by atoms with Gasteiger partial charge in [-0.25, -0.2) is 9.78 Å². The van der Waals surface area contributed by atoms with Crippen molar-refractivity contribution in [3.8, 4) is 0 Å². The number of rotatable bonds is 6. The van der Waals surface area contributed by atoms with Gasteiger partial charge in [-0.05, 0) is 39.3 Å². The maximum atomic E-state index is 11.8. The average Bonchev–Trinajstić information content (AvgIpc) is 2.90. The summed E-state index contributed by atoms with van der Waals surface area (Å²) in [4.78, 5) is 27.7. The third-order valence-electron chi connectivity index (χ3n) is 3.13. The standard InChI is InChI=1S/C17H24N4O3/c1-17(2,3)24-16(23)18-9-6-8-15(22)19-11-13-12-21-10-5-4-7-14(21)20-13/h4-5,7,10,12H,6,8-9,11H2,1-3H3,(H,18,23)(H,19,22). The van der Waals surface area contributed by atoms with E-state index in [2.05, 4.69) is 15.6 Å². The van der Waals surface area contributed by atoms with Crippen molar-refractivity contribution in [1.29, 1.82) is 0 Å². The van der Waals surface area contributed by atoms with E-state index in [9.17, 15) is 9.59 Å². The molecule has 0 spiro atoms. The quantitative estimate of drug-likeness (QED) is 0.795. The molecule has 2 aromatic heterocycles. The molecule has 0 aliphatic rings. The molecule has 24 heavy (non-hydrogen) atoms. The SMILES string of the molecule is CC(C)(C)OC(=O)NCCCC(=O)NCc1cn2ccccc2n1. The summed E-state index contributed by atoms with van der Waals surface area (Å²) >= 11 is 0. The van der Waals surface area contributed by atoms with E-state index in [4.69, 9.17) is 4.74 Å². The number of aromatic nitrogens is 2. The van der Waals surface area contributed by atoms with Crippen LogP contribution in [0.15, 0.2) is 30.6 Å². The Labute approximate surface area is 141 Å². The fraction of sp³-hybridized carbons (Fsp3) is 0.471. The lowest BCUT2D eigenvalue weighted by Crippen LogP contribution is -2.33. The predicted octanol–water partition coefficient (Wildman–Crippen LogP) is 2.26. The predicted molar refractivity (Wildman–Crippen MR) is 90.5 cm³/mol. The Bertz CT molecular complexity index is 670. The first kappa shape index (κ1) is 17.8. The summed E-state index contributed by atoms with van der Waals surface area (Å²) in [7, 11) is 0. The van der Waals surface area contributed by atoms with E-state index >= 15 is 0 Å². The van der Waals surface area contributed by atoms with Gasteiger partial charge in [0, 0.05) is 25.4 Å². The molecule has 130 valence electrons. The van der Waals surface area contributed by atoms with Gasteiger partial charge < -0.3 is 19.8 Å². The van der Waals surface area contributed by atoms with Crippen LogP contribution in [0.4, 0.5) is 4.79 Å². The van der Waals surface area contributed by atoms with E-state index in [1.54, 1.807) is 20.8 Å². The summed E-state index contributed by atoms with van der Waals surface area (Å²) in [5.41, 5.74) is 1.14. The second-order valence-corrected chi connectivity index (χ2v) is 6.51. The zero-order chi connectivity index (χ0) is 17.6. The second kappa shape index (κ2) is 7.81. The lowest BCUT2D eigenvalue weighted by Gasteiger charge is -2.19. The highest BCUT2D eigenvalue weighted by atomic mass is 16.6. The molecule has 0 radical (unpaired) electrons. The van der Waals surface area contributed by atoms with Crippen LogP contribution < -0.4 is 10.6 Å². The average molecular weight is 332 g/mol. The van der Waals surface area contributed by atoms with Crippen molar-refractivity contribution in [3.63, 3.8) is 0 Å². The van der Waals surface area contributed by atoms with Crippen LogP contribution in [0.2, 0.25) is 0 Å². The van der Waals surface area contributed by atoms with Crippen LogP contribution in [0.5, 0.6) is 0 Å². The fourth-order valence-electron chi connectivity index (χ4n) is 2.10. The van der Waals surface area contributed by atoms with E-state index in [1.807, 2.05) is 35.0 Å². The molecule has 7 nitrogen and oxygen atoms in total. The molecule has 0 aliphatic carbocycles. The van der Waals surface area contributed by atoms with Gasteiger partial charge in [-0.2, -0.15) is 0 Å². The number of ether oxygens (including phenoxy) is 1. The van der Waals surface area contributed by atoms with Crippen LogP contribution in [0, 0.1) is 0 Å². The summed E-state index contributed by atoms with van der Waals surface area (Å²) in [6.45, 7) is 6.20. The first-order valence-corrected chi connectivity index (χ1v) is 8.00. The van der Waals surface area contributed by atoms with Crippen LogP contribution in [0.3, 0.4) is 0 Å². The smallest absolute Gasteiger partial charge is 0.407 e. The highest BCUT2D eigenvalue weighted by Gasteiger charge is 2.15. The summed E-state index contributed by atoms with van der Waals surface area (Å²) in [5, 5.41) is 5.46. The molecule has 0 bridgehead atoms. The van der Waals surface area contributed by atoms with Gasteiger partial charge in [-0.3, -0.25) is 4.79 Å². The number of fused-ring (bicyclic) bond motifs is 1. The van der Waals surface area contributed by atoms with Crippen molar-refractivity contribution in [3.05, 3.63) is 36.3 Å². The number of nitrogens with one attached hydrogen (secondary N) is 2. The molecule has 0 saturated carbocycles. The molecule has 2 N–H and O–H groups in total. The molecule has 0 fully saturated rings. The number of pyridine rings is 1. The Morgan fingerprint density at radius 2 is 2.04 bits per heavy atom. The lowest BCUT2D eigenvalue weighted by atomic mass is 10.2. The van der Waals surface area contributed by atoms with Gasteiger partial charge in [-0.1, -0.05) is 6.07 Å². The second-order valence-electron chi connectivity index (χ2n) is 6.51. The third-order valence-corrected chi connectivity index (χ3v) is 3.13. The Hall–Kier alpha value is -2.57. The van der Waals surface area contributed by atoms with Gasteiger partial charge in [0.05, 0.1) is 12.2 Å². The van der Waals surface area contributed by atoms with Gasteiger partial charge in [-0.15, -0.1) is 0 Å². The van der Waals surface area contributed by atoms with Crippen molar-refractivity contribution in [1.82, 2.24) is 20.0 Å². The van der Waals surface area contributed by atoms with Crippen LogP contribution in [-0.4, -0.2) is 33.5 Å². The van der Waals surface area contributed by atoms with Crippen molar-refractivity contribution < 1.29 is 14.3 Å². The van der Waals surface area contributed by atoms with E-state index in [-0.39, 0.29) is 5.91 Å². The van der Waals surface area contributed by atoms with Crippen LogP contribution in [-0.2, 0) is 16.1 Å². The molecular formula is C17H24N4O3. The Kier molecular flexibility index (Phi) is 5.78. The van der Waals surface area contributed by atoms with Gasteiger partial charge in [0.25, 0.3) is 0 Å². The summed E-state index contributed by atoms with van der Waals surface area (Å²) in [5.74, 6) is -0.0713. The minimum absolute atomic E-state index is 0.0713. The molecule has 2 rings (SSSR count). The Morgan fingerprint density at radius 1 is 1.25 bits per heavy atom. The first-order chi connectivity index (χ1) is 11.3. The monoisotopic (exact) mass is 332 g/mol. The molecule has 7 heteroatoms. The molecule has 0 aromatic carbocycles. The minimum Gasteiger partial charge on any atom is -0.444 e. The first-order valence-electron chi connectivity index (χ1n) is 8.00. The Balaban J connectivity index is 1.64. The number of nitrogens with zero attached hydrogens (tertiary/aromatic N) is 2. The van der Waals surface area contributed by atoms with Crippen LogP contribution in [0.25, 0.3) is 5.65 Å². The third kappa shape index (κ3) is 5.91. The van der Waals surface area contributed by atoms with E-state index in [0.717, 1.165) is 11.3 Å². The van der Waals surface area contributed by atoms with Gasteiger partial charge in [0.2, 0.25) is 5.91 Å². The molecule has 0 atom stereocenters. The van der Waals surface area contributed by atoms with Crippen molar-refractivity contribution in [2.45, 2.75) is 45.8 Å². The molecule has 0 unspecified atom stereocenters. The summed E-state index contributed by atoms with van der Waals surface area (Å²) < 4.78 is 7.03. The molecule has 0 saturated heterocycles. The number of amides is 2. The highest BCUT2D eigenvalue weighted by Crippen LogP contribution is 2.06. The normalized spacial score (nSPS) is 11.3. The van der Waals surface area contributed by atoms with Crippen molar-refractivity contribution in [2.24, 2.45) is 0 Å². The molecule has 0 aliphatic heterocycles. The topological polar surface area (TPSA) is 84.7 Å². The molecule has 2 aromatic rings. The fourth-order valence-corrected chi connectivity index (χ4v) is 2.10. The molecular weight excluding hydrogens is 308 g/mol. The van der Waals surface area contributed by atoms with E-state index in [0.29, 0.717) is 25.9 Å². The van der Waals surface area contributed by atoms with Gasteiger partial charge >= 0.3 is 6.09 Å². The highest BCUT2D eigenvalue weighted by molar-refractivity contribution is 5.76. The zero-order valence-corrected chi connectivity index (χ0v) is 14.3. The van der Waals surface area contributed by atoms with Crippen molar-refractivity contribution >= 4 is 17.6 Å². The number of carbonyl (C=O) groups is 2. The van der Waals surface area contributed by atoms with Gasteiger partial charge in [0.15, 0.2) is 0 Å². The maximum Gasteiger partial charge on any atom is 0.407 e.